The highest BCUT2D eigenvalue weighted by atomic mass is 31.0. The molecule has 0 heterocycles. The van der Waals surface area contributed by atoms with Crippen LogP contribution >= 0.6 is 9.24 Å². The molecule has 1 unspecified atom stereocenters. The first-order valence-corrected chi connectivity index (χ1v) is 6.20. The third-order valence-corrected chi connectivity index (χ3v) is 1.38. The summed E-state index contributed by atoms with van der Waals surface area (Å²) in [5.74, 6) is 0. The van der Waals surface area contributed by atoms with E-state index in [4.69, 9.17) is 0 Å². The lowest BCUT2D eigenvalue weighted by atomic mass is 10.1. The van der Waals surface area contributed by atoms with Crippen molar-refractivity contribution < 1.29 is 0 Å². The summed E-state index contributed by atoms with van der Waals surface area (Å²) in [5, 5.41) is 0. The Hall–Kier alpha value is -0.350. The van der Waals surface area contributed by atoms with Crippen molar-refractivity contribution in [3.8, 4) is 0 Å². The standard InChI is InChI=1S/C9H12.C2H6.CH5P/c1-2-6-9-7-4-3-5-8-9;2*1-2/h3-5,7-8H,2,6H2,1H3;1-2H3;2H2,1H3. The summed E-state index contributed by atoms with van der Waals surface area (Å²) in [6, 6.07) is 10.6. The molecule has 13 heavy (non-hydrogen) atoms. The lowest BCUT2D eigenvalue weighted by Gasteiger charge is -1.93. The molecule has 0 amide bonds. The Balaban J connectivity index is 0. The SMILES string of the molecule is CC.CCCc1ccccc1.CP. The summed E-state index contributed by atoms with van der Waals surface area (Å²) in [6.45, 7) is 8.12. The molecule has 0 aliphatic carbocycles. The van der Waals surface area contributed by atoms with Gasteiger partial charge < -0.3 is 0 Å². The number of hydrogen-bond donors (Lipinski definition) is 0. The monoisotopic (exact) mass is 198 g/mol. The first-order chi connectivity index (χ1) is 6.43. The topological polar surface area (TPSA) is 0 Å². The number of aryl methyl sites for hydroxylation is 1. The van der Waals surface area contributed by atoms with E-state index in [1.54, 1.807) is 0 Å². The second-order valence-electron chi connectivity index (χ2n) is 2.24. The van der Waals surface area contributed by atoms with Gasteiger partial charge in [-0.3, -0.25) is 0 Å². The van der Waals surface area contributed by atoms with Crippen molar-refractivity contribution in [2.75, 3.05) is 6.66 Å². The molecule has 1 heteroatoms. The van der Waals surface area contributed by atoms with Crippen molar-refractivity contribution in [3.63, 3.8) is 0 Å². The van der Waals surface area contributed by atoms with E-state index in [0.717, 1.165) is 0 Å². The molecule has 1 aromatic rings. The molecule has 1 rings (SSSR count). The van der Waals surface area contributed by atoms with Crippen LogP contribution in [0.25, 0.3) is 0 Å². The van der Waals surface area contributed by atoms with Crippen molar-refractivity contribution in [1.82, 2.24) is 0 Å². The molecule has 0 saturated heterocycles. The molecule has 0 radical (unpaired) electrons. The van der Waals surface area contributed by atoms with Crippen LogP contribution in [0.15, 0.2) is 30.3 Å². The summed E-state index contributed by atoms with van der Waals surface area (Å²) < 4.78 is 0. The second-order valence-corrected chi connectivity index (χ2v) is 2.24. The van der Waals surface area contributed by atoms with E-state index in [-0.39, 0.29) is 0 Å². The minimum atomic E-state index is 1.21. The fourth-order valence-electron chi connectivity index (χ4n) is 0.933. The second kappa shape index (κ2) is 14.2. The highest BCUT2D eigenvalue weighted by molar-refractivity contribution is 7.15. The van der Waals surface area contributed by atoms with Crippen molar-refractivity contribution in [3.05, 3.63) is 35.9 Å². The van der Waals surface area contributed by atoms with E-state index in [1.165, 1.54) is 18.4 Å². The quantitative estimate of drug-likeness (QED) is 0.626. The average Bonchev–Trinajstić information content (AvgIpc) is 2.26. The summed E-state index contributed by atoms with van der Waals surface area (Å²) in [6.07, 6.45) is 2.45. The Morgan fingerprint density at radius 3 is 1.85 bits per heavy atom. The Kier molecular flexibility index (Phi) is 16.5. The molecule has 1 aromatic carbocycles. The Morgan fingerprint density at radius 1 is 1.00 bits per heavy atom. The summed E-state index contributed by atoms with van der Waals surface area (Å²) >= 11 is 0. The Morgan fingerprint density at radius 2 is 1.46 bits per heavy atom. The van der Waals surface area contributed by atoms with Gasteiger partial charge in [-0.2, -0.15) is 0 Å². The molecule has 1 atom stereocenters. The van der Waals surface area contributed by atoms with Gasteiger partial charge in [0.25, 0.3) is 0 Å². The molecule has 0 spiro atoms. The Labute approximate surface area is 86.0 Å². The van der Waals surface area contributed by atoms with Gasteiger partial charge in [0.1, 0.15) is 0 Å². The molecular weight excluding hydrogens is 175 g/mol. The van der Waals surface area contributed by atoms with Crippen LogP contribution in [-0.2, 0) is 6.42 Å². The molecule has 0 fully saturated rings. The van der Waals surface area contributed by atoms with Crippen molar-refractivity contribution in [2.45, 2.75) is 33.6 Å². The predicted octanol–water partition coefficient (Wildman–Crippen LogP) is 4.16. The van der Waals surface area contributed by atoms with Gasteiger partial charge in [-0.15, -0.1) is 9.24 Å². The average molecular weight is 198 g/mol. The van der Waals surface area contributed by atoms with Crippen LogP contribution in [0.3, 0.4) is 0 Å². The lowest BCUT2D eigenvalue weighted by molar-refractivity contribution is 0.922. The van der Waals surface area contributed by atoms with Gasteiger partial charge in [0, 0.05) is 0 Å². The van der Waals surface area contributed by atoms with Crippen LogP contribution in [-0.4, -0.2) is 6.66 Å². The van der Waals surface area contributed by atoms with Crippen LogP contribution in [0.2, 0.25) is 0 Å². The summed E-state index contributed by atoms with van der Waals surface area (Å²) in [7, 11) is 2.42. The zero-order valence-electron chi connectivity index (χ0n) is 9.38. The number of hydrogen-bond acceptors (Lipinski definition) is 0. The minimum Gasteiger partial charge on any atom is -0.141 e. The maximum Gasteiger partial charge on any atom is -0.0281 e. The third kappa shape index (κ3) is 9.56. The van der Waals surface area contributed by atoms with Gasteiger partial charge >= 0.3 is 0 Å². The third-order valence-electron chi connectivity index (χ3n) is 1.38. The number of rotatable bonds is 2. The predicted molar refractivity (Wildman–Crippen MR) is 67.4 cm³/mol. The maximum absolute atomic E-state index is 2.42. The highest BCUT2D eigenvalue weighted by Gasteiger charge is 1.84. The van der Waals surface area contributed by atoms with Crippen LogP contribution in [0, 0.1) is 0 Å². The van der Waals surface area contributed by atoms with Gasteiger partial charge in [-0.05, 0) is 12.0 Å². The molecular formula is C12H23P. The molecule has 0 saturated carbocycles. The normalized spacial score (nSPS) is 7.46. The molecule has 0 nitrogen and oxygen atoms in total. The minimum absolute atomic E-state index is 1.21. The van der Waals surface area contributed by atoms with Gasteiger partial charge in [0.2, 0.25) is 0 Å². The van der Waals surface area contributed by atoms with Gasteiger partial charge in [0.15, 0.2) is 0 Å². The van der Waals surface area contributed by atoms with Crippen molar-refractivity contribution in [2.24, 2.45) is 0 Å². The van der Waals surface area contributed by atoms with Gasteiger partial charge in [-0.1, -0.05) is 64.2 Å². The van der Waals surface area contributed by atoms with Crippen molar-refractivity contribution >= 4 is 9.24 Å². The molecule has 0 aromatic heterocycles. The molecule has 0 aliphatic heterocycles. The van der Waals surface area contributed by atoms with E-state index < -0.39 is 0 Å². The van der Waals surface area contributed by atoms with Gasteiger partial charge in [-0.25, -0.2) is 0 Å². The molecule has 76 valence electrons. The Bertz CT molecular complexity index is 158. The number of benzene rings is 1. The van der Waals surface area contributed by atoms with Crippen LogP contribution in [0.1, 0.15) is 32.8 Å². The van der Waals surface area contributed by atoms with E-state index in [2.05, 4.69) is 46.5 Å². The summed E-state index contributed by atoms with van der Waals surface area (Å²) in [4.78, 5) is 0. The largest absolute Gasteiger partial charge is 0.141 e. The highest BCUT2D eigenvalue weighted by Crippen LogP contribution is 2.00. The first kappa shape index (κ1) is 15.1. The van der Waals surface area contributed by atoms with Crippen LogP contribution in [0.5, 0.6) is 0 Å². The van der Waals surface area contributed by atoms with E-state index in [0.29, 0.717) is 0 Å². The zero-order chi connectivity index (χ0) is 10.5. The zero-order valence-corrected chi connectivity index (χ0v) is 10.5. The van der Waals surface area contributed by atoms with Crippen LogP contribution < -0.4 is 0 Å². The molecule has 0 bridgehead atoms. The smallest absolute Gasteiger partial charge is 0.0281 e. The maximum atomic E-state index is 2.42. The van der Waals surface area contributed by atoms with Crippen LogP contribution in [0.4, 0.5) is 0 Å². The van der Waals surface area contributed by atoms with Crippen molar-refractivity contribution in [1.29, 1.82) is 0 Å². The fraction of sp³-hybridized carbons (Fsp3) is 0.500. The van der Waals surface area contributed by atoms with Gasteiger partial charge in [0.05, 0.1) is 0 Å². The fourth-order valence-corrected chi connectivity index (χ4v) is 0.933. The lowest BCUT2D eigenvalue weighted by Crippen LogP contribution is -1.78. The summed E-state index contributed by atoms with van der Waals surface area (Å²) in [5.41, 5.74) is 1.44. The molecule has 0 N–H and O–H groups in total. The first-order valence-electron chi connectivity index (χ1n) is 5.05. The molecule has 0 aliphatic rings. The van der Waals surface area contributed by atoms with E-state index in [9.17, 15) is 0 Å². The van der Waals surface area contributed by atoms with E-state index in [1.807, 2.05) is 20.5 Å². The van der Waals surface area contributed by atoms with E-state index >= 15 is 0 Å².